The Morgan fingerprint density at radius 2 is 0.706 bits per heavy atom. The summed E-state index contributed by atoms with van der Waals surface area (Å²) in [6, 6.07) is 0. The van der Waals surface area contributed by atoms with Crippen LogP contribution in [-0.2, 0) is 0 Å². The third-order valence-electron chi connectivity index (χ3n) is 0.283. The molecule has 0 nitrogen and oxygen atoms in total. The molecule has 0 fully saturated rings. The van der Waals surface area contributed by atoms with Crippen molar-refractivity contribution in [2.45, 2.75) is 29.6 Å². The van der Waals surface area contributed by atoms with Crippen LogP contribution < -0.4 is 0 Å². The summed E-state index contributed by atoms with van der Waals surface area (Å²) in [6.45, 7) is 0. The van der Waals surface area contributed by atoms with Crippen molar-refractivity contribution in [2.24, 2.45) is 0 Å². The van der Waals surface area contributed by atoms with Gasteiger partial charge in [0, 0.05) is 0 Å². The molecule has 0 aliphatic carbocycles. The third-order valence-corrected chi connectivity index (χ3v) is 23.0. The van der Waals surface area contributed by atoms with Crippen molar-refractivity contribution >= 4 is 126 Å². The van der Waals surface area contributed by atoms with E-state index in [1.165, 1.54) is 0 Å². The summed E-state index contributed by atoms with van der Waals surface area (Å²) in [5, 5.41) is 0. The van der Waals surface area contributed by atoms with Gasteiger partial charge < -0.3 is 0 Å². The van der Waals surface area contributed by atoms with Gasteiger partial charge in [-0.15, -0.1) is 66.5 Å². The second-order valence-corrected chi connectivity index (χ2v) is 50.4. The van der Waals surface area contributed by atoms with Gasteiger partial charge in [-0.2, -0.15) is 0 Å². The molecule has 0 atom stereocenters. The summed E-state index contributed by atoms with van der Waals surface area (Å²) in [5.74, 6) is 0. The second kappa shape index (κ2) is 13.6. The minimum atomic E-state index is -2.68. The Labute approximate surface area is 153 Å². The van der Waals surface area contributed by atoms with E-state index in [1.807, 2.05) is 0 Å². The van der Waals surface area contributed by atoms with Crippen molar-refractivity contribution in [1.82, 2.24) is 0 Å². The van der Waals surface area contributed by atoms with E-state index >= 15 is 0 Å². The Kier molecular flexibility index (Phi) is 20.8. The van der Waals surface area contributed by atoms with Gasteiger partial charge >= 0.3 is 80.2 Å². The van der Waals surface area contributed by atoms with E-state index in [1.54, 1.807) is 0 Å². The molecular weight excluding hydrogens is 606 g/mol. The Balaban J connectivity index is -0.000000205. The molecule has 0 aromatic heterocycles. The molecule has 0 bridgehead atoms. The van der Waals surface area contributed by atoms with Gasteiger partial charge in [0.2, 0.25) is 0 Å². The first-order valence-electron chi connectivity index (χ1n) is 4.63. The molecule has 17 heavy (non-hydrogen) atoms. The van der Waals surface area contributed by atoms with Crippen LogP contribution in [0.25, 0.3) is 0 Å². The monoisotopic (exact) mass is 624 g/mol. The summed E-state index contributed by atoms with van der Waals surface area (Å²) >= 11 is 31.8. The van der Waals surface area contributed by atoms with E-state index in [2.05, 4.69) is 29.6 Å². The predicted octanol–water partition coefficient (Wildman–Crippen LogP) is 5.74. The molecule has 0 saturated carbocycles. The van der Waals surface area contributed by atoms with Gasteiger partial charge in [-0.05, 0) is 0 Å². The molecule has 0 N–H and O–H groups in total. The van der Waals surface area contributed by atoms with Crippen molar-refractivity contribution in [3.8, 4) is 0 Å². The second-order valence-electron chi connectivity index (χ2n) is 4.12. The topological polar surface area (TPSA) is 0 Å². The summed E-state index contributed by atoms with van der Waals surface area (Å²) < 4.78 is 0. The van der Waals surface area contributed by atoms with E-state index in [9.17, 15) is 0 Å². The fourth-order valence-corrected chi connectivity index (χ4v) is 39.1. The van der Waals surface area contributed by atoms with Crippen molar-refractivity contribution in [3.63, 3.8) is 0 Å². The van der Waals surface area contributed by atoms with Crippen LogP contribution in [0.1, 0.15) is 0 Å². The van der Waals surface area contributed by atoms with Gasteiger partial charge in [-0.25, -0.2) is 0 Å². The van der Waals surface area contributed by atoms with Crippen LogP contribution >= 0.6 is 66.5 Å². The van der Waals surface area contributed by atoms with Crippen LogP contribution in [0.2, 0.25) is 29.6 Å². The van der Waals surface area contributed by atoms with Crippen LogP contribution in [0.4, 0.5) is 0 Å². The van der Waals surface area contributed by atoms with Gasteiger partial charge in [-0.1, -0.05) is 0 Å². The average molecular weight is 625 g/mol. The predicted molar refractivity (Wildman–Crippen MR) is 99.1 cm³/mol. The van der Waals surface area contributed by atoms with Crippen LogP contribution in [0.3, 0.4) is 0 Å². The van der Waals surface area contributed by atoms with Crippen molar-refractivity contribution in [1.29, 1.82) is 0 Å². The maximum atomic E-state index is 5.48. The third kappa shape index (κ3) is 64.8. The van der Waals surface area contributed by atoms with Crippen molar-refractivity contribution in [3.05, 3.63) is 0 Å². The Hall–Kier alpha value is 3.99. The molecule has 0 aromatic carbocycles. The Bertz CT molecular complexity index is 147. The first-order chi connectivity index (χ1) is 7.17. The molecule has 0 amide bonds. The molecule has 0 aromatic rings. The number of hydrogen-bond acceptors (Lipinski definition) is 0. The number of hydrogen-bond donors (Lipinski definition) is 0. The van der Waals surface area contributed by atoms with E-state index in [0.29, 0.717) is 0 Å². The zero-order chi connectivity index (χ0) is 14.9. The summed E-state index contributed by atoms with van der Waals surface area (Å²) in [5.41, 5.74) is -5.36. The average Bonchev–Trinajstić information content (AvgIpc) is 1.70. The summed E-state index contributed by atoms with van der Waals surface area (Å²) in [4.78, 5) is 14.2. The standard InChI is InChI=1S/6CH3.Cl6Si3.2Sn/c;;;;;;1-8(2,3)7-9(4,5)6;;/h6*1H3;;;. The summed E-state index contributed by atoms with van der Waals surface area (Å²) in [7, 11) is -0.0787. The van der Waals surface area contributed by atoms with Gasteiger partial charge in [0.25, 0.3) is 0 Å². The van der Waals surface area contributed by atoms with Crippen LogP contribution in [-0.4, -0.2) is 59.1 Å². The van der Waals surface area contributed by atoms with Crippen molar-refractivity contribution < 1.29 is 0 Å². The van der Waals surface area contributed by atoms with E-state index < -0.39 is 50.6 Å². The van der Waals surface area contributed by atoms with Gasteiger partial charge in [0.05, 0.1) is 0 Å². The van der Waals surface area contributed by atoms with E-state index in [4.69, 9.17) is 66.5 Å². The molecular formula is C6H18Cl6Si3Sn2. The molecule has 0 aliphatic rings. The first-order valence-corrected chi connectivity index (χ1v) is 34.8. The van der Waals surface area contributed by atoms with Crippen molar-refractivity contribution in [2.75, 3.05) is 0 Å². The van der Waals surface area contributed by atoms with E-state index in [-0.39, 0.29) is 8.55 Å². The molecule has 0 saturated heterocycles. The molecule has 104 valence electrons. The normalized spacial score (nSPS) is 11.6. The van der Waals surface area contributed by atoms with Gasteiger partial charge in [0.1, 0.15) is 8.55 Å². The summed E-state index contributed by atoms with van der Waals surface area (Å²) in [6.07, 6.45) is 0. The Morgan fingerprint density at radius 1 is 0.588 bits per heavy atom. The van der Waals surface area contributed by atoms with Crippen LogP contribution in [0.5, 0.6) is 0 Å². The van der Waals surface area contributed by atoms with Gasteiger partial charge in [-0.3, -0.25) is 0 Å². The molecule has 0 rings (SSSR count). The molecule has 11 heteroatoms. The molecule has 0 unspecified atom stereocenters. The maximum absolute atomic E-state index is 5.48. The fourth-order valence-electron chi connectivity index (χ4n) is 0.161. The Morgan fingerprint density at radius 3 is 0.706 bits per heavy atom. The minimum absolute atomic E-state index is 0.0787. The zero-order valence-electron chi connectivity index (χ0n) is 10.8. The molecule has 0 spiro atoms. The van der Waals surface area contributed by atoms with Crippen LogP contribution in [0, 0.1) is 0 Å². The molecule has 0 aliphatic heterocycles. The number of halogens is 6. The quantitative estimate of drug-likeness (QED) is 0.272. The van der Waals surface area contributed by atoms with Crippen LogP contribution in [0.15, 0.2) is 0 Å². The SMILES string of the molecule is Cl[Si](Cl)(Cl)[Si][Si](Cl)(Cl)Cl.[CH3][Sn]([CH3])[CH3].[CH3][Sn]([CH3])[CH3]. The first kappa shape index (κ1) is 25.9. The fraction of sp³-hybridized carbons (Fsp3) is 1.00. The van der Waals surface area contributed by atoms with Gasteiger partial charge in [0.15, 0.2) is 0 Å². The zero-order valence-corrected chi connectivity index (χ0v) is 24.0. The molecule has 0 heterocycles. The molecule has 4 radical (unpaired) electrons. The number of rotatable bonds is 2. The van der Waals surface area contributed by atoms with E-state index in [0.717, 1.165) is 0 Å².